The van der Waals surface area contributed by atoms with Crippen LogP contribution in [0.25, 0.3) is 0 Å². The normalized spacial score (nSPS) is 29.4. The van der Waals surface area contributed by atoms with Crippen molar-refractivity contribution in [1.82, 2.24) is 10.2 Å². The first-order valence-corrected chi connectivity index (χ1v) is 8.27. The van der Waals surface area contributed by atoms with Crippen molar-refractivity contribution in [2.75, 3.05) is 0 Å². The first-order chi connectivity index (χ1) is 9.64. The van der Waals surface area contributed by atoms with Gasteiger partial charge in [0.25, 0.3) is 0 Å². The van der Waals surface area contributed by atoms with Crippen LogP contribution in [0.4, 0.5) is 0 Å². The molecule has 0 spiro atoms. The highest BCUT2D eigenvalue weighted by atomic mass is 16.2. The van der Waals surface area contributed by atoms with E-state index in [1.54, 1.807) is 0 Å². The van der Waals surface area contributed by atoms with Crippen LogP contribution < -0.4 is 5.32 Å². The number of carbonyl (C=O) groups excluding carboxylic acids is 2. The lowest BCUT2D eigenvalue weighted by Gasteiger charge is -2.57. The molecule has 1 N–H and O–H groups in total. The maximum Gasteiger partial charge on any atom is 0.246 e. The molecular formula is C17H30N2O2. The van der Waals surface area contributed by atoms with Crippen molar-refractivity contribution in [2.45, 2.75) is 84.8 Å². The van der Waals surface area contributed by atoms with Gasteiger partial charge in [-0.1, -0.05) is 41.5 Å². The molecule has 2 amide bonds. The summed E-state index contributed by atoms with van der Waals surface area (Å²) in [5.41, 5.74) is -0.348. The number of nitrogens with zero attached hydrogens (tertiary/aromatic N) is 1. The fourth-order valence-electron chi connectivity index (χ4n) is 3.75. The zero-order valence-electron chi connectivity index (χ0n) is 14.3. The van der Waals surface area contributed by atoms with Gasteiger partial charge in [-0.3, -0.25) is 9.59 Å². The van der Waals surface area contributed by atoms with Crippen molar-refractivity contribution < 1.29 is 9.59 Å². The summed E-state index contributed by atoms with van der Waals surface area (Å²) in [6, 6.07) is -0.736. The largest absolute Gasteiger partial charge is 0.342 e. The summed E-state index contributed by atoms with van der Waals surface area (Å²) in [6.45, 7) is 12.3. The van der Waals surface area contributed by atoms with Gasteiger partial charge in [-0.25, -0.2) is 0 Å². The summed E-state index contributed by atoms with van der Waals surface area (Å²) >= 11 is 0. The molecule has 21 heavy (non-hydrogen) atoms. The zero-order valence-corrected chi connectivity index (χ0v) is 14.3. The smallest absolute Gasteiger partial charge is 0.246 e. The van der Waals surface area contributed by atoms with E-state index in [0.29, 0.717) is 0 Å². The Bertz CT molecular complexity index is 427. The summed E-state index contributed by atoms with van der Waals surface area (Å²) in [4.78, 5) is 27.8. The molecule has 1 saturated heterocycles. The van der Waals surface area contributed by atoms with Crippen molar-refractivity contribution in [3.8, 4) is 0 Å². The number of amides is 2. The van der Waals surface area contributed by atoms with Crippen LogP contribution in [0.15, 0.2) is 0 Å². The van der Waals surface area contributed by atoms with Crippen LogP contribution in [-0.4, -0.2) is 34.3 Å². The Balaban J connectivity index is 2.43. The summed E-state index contributed by atoms with van der Waals surface area (Å²) in [7, 11) is 0. The maximum absolute atomic E-state index is 13.1. The van der Waals surface area contributed by atoms with E-state index in [0.717, 1.165) is 25.7 Å². The third-order valence-electron chi connectivity index (χ3n) is 5.27. The van der Waals surface area contributed by atoms with Gasteiger partial charge in [0.1, 0.15) is 12.1 Å². The second kappa shape index (κ2) is 5.29. The van der Waals surface area contributed by atoms with Crippen molar-refractivity contribution in [2.24, 2.45) is 11.3 Å². The second-order valence-electron chi connectivity index (χ2n) is 8.14. The quantitative estimate of drug-likeness (QED) is 0.870. The number of hydrogen-bond donors (Lipinski definition) is 1. The van der Waals surface area contributed by atoms with Crippen LogP contribution in [0.1, 0.15) is 67.2 Å². The van der Waals surface area contributed by atoms with Crippen LogP contribution in [0.2, 0.25) is 0 Å². The Morgan fingerprint density at radius 3 is 2.19 bits per heavy atom. The van der Waals surface area contributed by atoms with E-state index in [4.69, 9.17) is 0 Å². The van der Waals surface area contributed by atoms with Gasteiger partial charge in [0.2, 0.25) is 11.8 Å². The van der Waals surface area contributed by atoms with E-state index in [1.165, 1.54) is 0 Å². The molecule has 2 fully saturated rings. The third kappa shape index (κ3) is 2.58. The molecule has 0 aromatic heterocycles. The van der Waals surface area contributed by atoms with Gasteiger partial charge in [0, 0.05) is 5.54 Å². The van der Waals surface area contributed by atoms with Gasteiger partial charge in [-0.05, 0) is 37.0 Å². The molecule has 2 rings (SSSR count). The molecule has 4 heteroatoms. The van der Waals surface area contributed by atoms with Crippen LogP contribution in [0, 0.1) is 11.3 Å². The standard InChI is InChI=1S/C17H30N2O2/c1-7-17(9-8-10-17)19-12(11(2)3)14(20)18-13(15(19)21)16(4,5)6/h11-13H,7-10H2,1-6H3,(H,18,20). The average Bonchev–Trinajstić information content (AvgIpc) is 2.30. The molecule has 2 atom stereocenters. The minimum absolute atomic E-state index is 0.0178. The van der Waals surface area contributed by atoms with E-state index in [1.807, 2.05) is 39.5 Å². The van der Waals surface area contributed by atoms with E-state index in [2.05, 4.69) is 12.2 Å². The fourth-order valence-corrected chi connectivity index (χ4v) is 3.75. The molecule has 1 aliphatic heterocycles. The Morgan fingerprint density at radius 1 is 1.29 bits per heavy atom. The van der Waals surface area contributed by atoms with E-state index >= 15 is 0 Å². The SMILES string of the molecule is CCC1(N2C(=O)C(C(C)(C)C)NC(=O)C2C(C)C)CCC1. The van der Waals surface area contributed by atoms with E-state index in [-0.39, 0.29) is 34.7 Å². The van der Waals surface area contributed by atoms with Gasteiger partial charge >= 0.3 is 0 Å². The van der Waals surface area contributed by atoms with Crippen molar-refractivity contribution in [3.05, 3.63) is 0 Å². The second-order valence-corrected chi connectivity index (χ2v) is 8.14. The molecule has 0 aromatic carbocycles. The highest BCUT2D eigenvalue weighted by Crippen LogP contribution is 2.44. The van der Waals surface area contributed by atoms with Crippen LogP contribution in [0.3, 0.4) is 0 Å². The van der Waals surface area contributed by atoms with Gasteiger partial charge in [0.05, 0.1) is 0 Å². The number of rotatable bonds is 3. The number of hydrogen-bond acceptors (Lipinski definition) is 2. The first-order valence-electron chi connectivity index (χ1n) is 8.27. The molecule has 1 heterocycles. The summed E-state index contributed by atoms with van der Waals surface area (Å²) < 4.78 is 0. The van der Waals surface area contributed by atoms with Crippen LogP contribution in [0.5, 0.6) is 0 Å². The Hall–Kier alpha value is -1.06. The van der Waals surface area contributed by atoms with E-state index < -0.39 is 6.04 Å². The van der Waals surface area contributed by atoms with Gasteiger partial charge in [-0.2, -0.15) is 0 Å². The number of carbonyl (C=O) groups is 2. The molecule has 2 aliphatic rings. The third-order valence-corrected chi connectivity index (χ3v) is 5.27. The van der Waals surface area contributed by atoms with Crippen molar-refractivity contribution in [1.29, 1.82) is 0 Å². The molecule has 4 nitrogen and oxygen atoms in total. The molecule has 1 saturated carbocycles. The van der Waals surface area contributed by atoms with E-state index in [9.17, 15) is 9.59 Å². The Morgan fingerprint density at radius 2 is 1.86 bits per heavy atom. The lowest BCUT2D eigenvalue weighted by Crippen LogP contribution is -2.74. The Kier molecular flexibility index (Phi) is 4.11. The van der Waals surface area contributed by atoms with Crippen LogP contribution in [-0.2, 0) is 9.59 Å². The molecule has 0 radical (unpaired) electrons. The molecule has 1 aliphatic carbocycles. The molecule has 0 aromatic rings. The lowest BCUT2D eigenvalue weighted by molar-refractivity contribution is -0.168. The average molecular weight is 294 g/mol. The van der Waals surface area contributed by atoms with Crippen molar-refractivity contribution >= 4 is 11.8 Å². The monoisotopic (exact) mass is 294 g/mol. The summed E-state index contributed by atoms with van der Waals surface area (Å²) in [5.74, 6) is 0.269. The highest BCUT2D eigenvalue weighted by molar-refractivity contribution is 5.98. The van der Waals surface area contributed by atoms with Crippen LogP contribution >= 0.6 is 0 Å². The first kappa shape index (κ1) is 16.3. The Labute approximate surface area is 128 Å². The topological polar surface area (TPSA) is 49.4 Å². The van der Waals surface area contributed by atoms with Gasteiger partial charge in [-0.15, -0.1) is 0 Å². The molecule has 0 bridgehead atoms. The number of nitrogens with one attached hydrogen (secondary N) is 1. The molecule has 2 unspecified atom stereocenters. The van der Waals surface area contributed by atoms with Gasteiger partial charge in [0.15, 0.2) is 0 Å². The summed E-state index contributed by atoms with van der Waals surface area (Å²) in [6.07, 6.45) is 4.15. The predicted molar refractivity (Wildman–Crippen MR) is 83.7 cm³/mol. The number of piperazine rings is 1. The van der Waals surface area contributed by atoms with Crippen molar-refractivity contribution in [3.63, 3.8) is 0 Å². The summed E-state index contributed by atoms with van der Waals surface area (Å²) in [5, 5.41) is 2.98. The van der Waals surface area contributed by atoms with Gasteiger partial charge < -0.3 is 10.2 Å². The lowest BCUT2D eigenvalue weighted by atomic mass is 9.70. The predicted octanol–water partition coefficient (Wildman–Crippen LogP) is 2.72. The molecular weight excluding hydrogens is 264 g/mol. The molecule has 120 valence electrons. The minimum Gasteiger partial charge on any atom is -0.342 e. The highest BCUT2D eigenvalue weighted by Gasteiger charge is 2.54. The zero-order chi connectivity index (χ0) is 16.0. The maximum atomic E-state index is 13.1. The fraction of sp³-hybridized carbons (Fsp3) is 0.882. The minimum atomic E-state index is -0.413.